The molecule has 1 fully saturated rings. The number of fused-ring (bicyclic) bond motifs is 1. The largest absolute Gasteiger partial charge is 0.469 e. The van der Waals surface area contributed by atoms with Crippen molar-refractivity contribution in [1.29, 1.82) is 0 Å². The highest BCUT2D eigenvalue weighted by Gasteiger charge is 2.50. The fraction of sp³-hybridized carbons (Fsp3) is 0.500. The van der Waals surface area contributed by atoms with Crippen molar-refractivity contribution in [3.05, 3.63) is 47.5 Å². The lowest BCUT2D eigenvalue weighted by atomic mass is 9.63. The summed E-state index contributed by atoms with van der Waals surface area (Å²) in [6.07, 6.45) is 3.02. The molecular weight excluding hydrogens is 318 g/mol. The van der Waals surface area contributed by atoms with Gasteiger partial charge in [-0.3, -0.25) is 9.59 Å². The Hall–Kier alpha value is -2.14. The number of hydrogen-bond acceptors (Lipinski definition) is 5. The number of rotatable bonds is 3. The van der Waals surface area contributed by atoms with Crippen molar-refractivity contribution in [3.8, 4) is 0 Å². The average Bonchev–Trinajstić information content (AvgIpc) is 2.65. The first-order chi connectivity index (χ1) is 12.1. The Bertz CT molecular complexity index is 670. The van der Waals surface area contributed by atoms with Crippen LogP contribution in [0.3, 0.4) is 0 Å². The molecule has 2 aliphatic rings. The molecule has 1 aliphatic heterocycles. The van der Waals surface area contributed by atoms with Gasteiger partial charge in [-0.1, -0.05) is 42.0 Å². The highest BCUT2D eigenvalue weighted by atomic mass is 16.5. The van der Waals surface area contributed by atoms with E-state index in [-0.39, 0.29) is 23.8 Å². The summed E-state index contributed by atoms with van der Waals surface area (Å²) in [4.78, 5) is 27.5. The summed E-state index contributed by atoms with van der Waals surface area (Å²) in [6.45, 7) is 1.72. The number of methoxy groups -OCH3 is 2. The average molecular weight is 343 g/mol. The van der Waals surface area contributed by atoms with Crippen molar-refractivity contribution in [2.45, 2.75) is 12.3 Å². The summed E-state index contributed by atoms with van der Waals surface area (Å²) in [5.74, 6) is -1.88. The third-order valence-corrected chi connectivity index (χ3v) is 5.48. The second kappa shape index (κ2) is 7.40. The first kappa shape index (κ1) is 17.7. The zero-order valence-corrected chi connectivity index (χ0v) is 15.0. The number of hydrogen-bond donors (Lipinski definition) is 0. The van der Waals surface area contributed by atoms with Crippen LogP contribution in [0.5, 0.6) is 0 Å². The molecular formula is C20H25NO4. The third-order valence-electron chi connectivity index (χ3n) is 5.48. The summed E-state index contributed by atoms with van der Waals surface area (Å²) in [7, 11) is 4.85. The number of likely N-dealkylation sites (N-methyl/N-ethyl adjacent to an activating group) is 1. The van der Waals surface area contributed by atoms with Crippen LogP contribution in [-0.2, 0) is 19.1 Å². The second-order valence-corrected chi connectivity index (χ2v) is 6.91. The topological polar surface area (TPSA) is 55.8 Å². The zero-order valence-electron chi connectivity index (χ0n) is 15.0. The minimum Gasteiger partial charge on any atom is -0.469 e. The minimum atomic E-state index is -0.558. The number of likely N-dealkylation sites (tertiary alicyclic amines) is 1. The molecule has 0 amide bonds. The number of benzene rings is 1. The van der Waals surface area contributed by atoms with E-state index in [4.69, 9.17) is 9.47 Å². The molecule has 25 heavy (non-hydrogen) atoms. The predicted molar refractivity (Wildman–Crippen MR) is 93.9 cm³/mol. The van der Waals surface area contributed by atoms with Crippen molar-refractivity contribution in [3.63, 3.8) is 0 Å². The molecule has 1 aromatic rings. The lowest BCUT2D eigenvalue weighted by molar-refractivity contribution is -0.161. The molecule has 3 rings (SSSR count). The summed E-state index contributed by atoms with van der Waals surface area (Å²) in [5.41, 5.74) is 2.24. The molecule has 0 bridgehead atoms. The maximum absolute atomic E-state index is 12.7. The van der Waals surface area contributed by atoms with Crippen LogP contribution in [0.15, 0.2) is 42.0 Å². The maximum Gasteiger partial charge on any atom is 0.310 e. The number of allylic oxidation sites excluding steroid dienone is 1. The van der Waals surface area contributed by atoms with E-state index in [9.17, 15) is 9.59 Å². The summed E-state index contributed by atoms with van der Waals surface area (Å²) >= 11 is 0. The first-order valence-corrected chi connectivity index (χ1v) is 8.66. The summed E-state index contributed by atoms with van der Waals surface area (Å²) in [5, 5.41) is 0. The number of carbonyl (C=O) groups is 2. The van der Waals surface area contributed by atoms with E-state index in [2.05, 4.69) is 18.0 Å². The molecule has 5 nitrogen and oxygen atoms in total. The second-order valence-electron chi connectivity index (χ2n) is 6.91. The van der Waals surface area contributed by atoms with Gasteiger partial charge < -0.3 is 14.4 Å². The van der Waals surface area contributed by atoms with Crippen LogP contribution >= 0.6 is 0 Å². The summed E-state index contributed by atoms with van der Waals surface area (Å²) in [6, 6.07) is 9.85. The smallest absolute Gasteiger partial charge is 0.310 e. The van der Waals surface area contributed by atoms with E-state index in [1.165, 1.54) is 19.8 Å². The van der Waals surface area contributed by atoms with Gasteiger partial charge in [0, 0.05) is 12.5 Å². The van der Waals surface area contributed by atoms with E-state index in [0.29, 0.717) is 0 Å². The van der Waals surface area contributed by atoms with Gasteiger partial charge in [0.2, 0.25) is 0 Å². The Labute approximate surface area is 148 Å². The number of nitrogens with zero attached hydrogens (tertiary/aromatic N) is 1. The van der Waals surface area contributed by atoms with Crippen molar-refractivity contribution < 1.29 is 19.1 Å². The van der Waals surface area contributed by atoms with Crippen LogP contribution in [0.2, 0.25) is 0 Å². The molecule has 1 saturated heterocycles. The summed E-state index contributed by atoms with van der Waals surface area (Å²) < 4.78 is 10.2. The molecule has 4 unspecified atom stereocenters. The van der Waals surface area contributed by atoms with Crippen LogP contribution < -0.4 is 0 Å². The molecule has 5 heteroatoms. The highest BCUT2D eigenvalue weighted by Crippen LogP contribution is 2.47. The minimum absolute atomic E-state index is 0.0349. The van der Waals surface area contributed by atoms with Crippen molar-refractivity contribution in [1.82, 2.24) is 4.90 Å². The molecule has 134 valence electrons. The van der Waals surface area contributed by atoms with Gasteiger partial charge >= 0.3 is 11.9 Å². The quantitative estimate of drug-likeness (QED) is 0.622. The molecule has 0 N–H and O–H groups in total. The van der Waals surface area contributed by atoms with Gasteiger partial charge in [-0.25, -0.2) is 0 Å². The Morgan fingerprint density at radius 2 is 1.68 bits per heavy atom. The van der Waals surface area contributed by atoms with Crippen LogP contribution in [0.1, 0.15) is 17.9 Å². The monoisotopic (exact) mass is 343 g/mol. The molecule has 0 radical (unpaired) electrons. The Morgan fingerprint density at radius 3 is 2.32 bits per heavy atom. The van der Waals surface area contributed by atoms with Crippen molar-refractivity contribution >= 4 is 11.9 Å². The van der Waals surface area contributed by atoms with E-state index in [0.717, 1.165) is 25.1 Å². The number of ether oxygens (including phenoxy) is 2. The fourth-order valence-electron chi connectivity index (χ4n) is 4.30. The molecule has 4 atom stereocenters. The first-order valence-electron chi connectivity index (χ1n) is 8.66. The fourth-order valence-corrected chi connectivity index (χ4v) is 4.30. The highest BCUT2D eigenvalue weighted by molar-refractivity contribution is 5.84. The van der Waals surface area contributed by atoms with E-state index >= 15 is 0 Å². The van der Waals surface area contributed by atoms with Gasteiger partial charge in [0.15, 0.2) is 0 Å². The zero-order chi connectivity index (χ0) is 18.0. The van der Waals surface area contributed by atoms with Crippen molar-refractivity contribution in [2.75, 3.05) is 34.4 Å². The predicted octanol–water partition coefficient (Wildman–Crippen LogP) is 2.24. The Morgan fingerprint density at radius 1 is 1.04 bits per heavy atom. The molecule has 0 spiro atoms. The van der Waals surface area contributed by atoms with Gasteiger partial charge in [0.1, 0.15) is 0 Å². The lowest BCUT2D eigenvalue weighted by Gasteiger charge is -2.43. The van der Waals surface area contributed by atoms with E-state index in [1.807, 2.05) is 30.3 Å². The normalized spacial score (nSPS) is 29.3. The van der Waals surface area contributed by atoms with E-state index < -0.39 is 11.8 Å². The van der Waals surface area contributed by atoms with Gasteiger partial charge in [-0.15, -0.1) is 0 Å². The number of carbonyl (C=O) groups excluding carboxylic acids is 2. The number of piperidine rings is 1. The third kappa shape index (κ3) is 3.33. The lowest BCUT2D eigenvalue weighted by Crippen LogP contribution is -2.47. The van der Waals surface area contributed by atoms with Gasteiger partial charge in [0.25, 0.3) is 0 Å². The van der Waals surface area contributed by atoms with Crippen LogP contribution in [-0.4, -0.2) is 51.2 Å². The van der Waals surface area contributed by atoms with Gasteiger partial charge in [-0.2, -0.15) is 0 Å². The van der Waals surface area contributed by atoms with Crippen LogP contribution in [0.25, 0.3) is 0 Å². The Balaban J connectivity index is 2.11. The van der Waals surface area contributed by atoms with Gasteiger partial charge in [0.05, 0.1) is 26.1 Å². The molecule has 1 aliphatic carbocycles. The molecule has 1 aromatic carbocycles. The SMILES string of the molecule is COC(=O)C1C2CCN(C)CC2=CC(c2ccccc2)C1C(=O)OC. The Kier molecular flexibility index (Phi) is 5.23. The van der Waals surface area contributed by atoms with E-state index in [1.54, 1.807) is 0 Å². The maximum atomic E-state index is 12.7. The molecule has 0 saturated carbocycles. The van der Waals surface area contributed by atoms with Gasteiger partial charge in [-0.05, 0) is 31.5 Å². The van der Waals surface area contributed by atoms with Crippen molar-refractivity contribution in [2.24, 2.45) is 17.8 Å². The van der Waals surface area contributed by atoms with Crippen LogP contribution in [0.4, 0.5) is 0 Å². The molecule has 0 aromatic heterocycles. The number of esters is 2. The van der Waals surface area contributed by atoms with Crippen LogP contribution in [0, 0.1) is 17.8 Å². The standard InChI is InChI=1S/C20H25NO4/c1-21-10-9-15-14(12-21)11-16(13-7-5-4-6-8-13)18(20(23)25-3)17(15)19(22)24-2/h4-8,11,15-18H,9-10,12H2,1-3H3. The molecule has 1 heterocycles.